The molecule has 0 bridgehead atoms. The second-order valence-electron chi connectivity index (χ2n) is 8.01. The molecular weight excluding hydrogens is 512 g/mol. The number of hydrogen-bond donors (Lipinski definition) is 2. The van der Waals surface area contributed by atoms with Crippen LogP contribution in [0.5, 0.6) is 17.2 Å². The number of hydrogen-bond acceptors (Lipinski definition) is 9. The molecule has 0 unspecified atom stereocenters. The molecule has 0 radical (unpaired) electrons. The van der Waals surface area contributed by atoms with Gasteiger partial charge in [0, 0.05) is 17.7 Å². The van der Waals surface area contributed by atoms with Crippen LogP contribution in [0, 0.1) is 10.1 Å². The second-order valence-corrected chi connectivity index (χ2v) is 9.69. The lowest BCUT2D eigenvalue weighted by atomic mass is 10.2. The molecule has 0 atom stereocenters. The fraction of sp³-hybridized carbons (Fsp3) is 0.269. The van der Waals surface area contributed by atoms with Crippen LogP contribution >= 0.6 is 0 Å². The number of sulfonamides is 1. The molecule has 12 heteroatoms. The summed E-state index contributed by atoms with van der Waals surface area (Å²) in [6.45, 7) is 5.07. The minimum atomic E-state index is -4.14. The first-order valence-corrected chi connectivity index (χ1v) is 13.4. The maximum Gasteiger partial charge on any atom is 0.295 e. The Bertz CT molecular complexity index is 1390. The SMILES string of the molecule is CCCOc1ccc(/C=N\Nc2ccc(S(=O)(=O)Nc3ccccc3OC)cc2[N+](=O)[O-])c(OCCC)c1. The number of methoxy groups -OCH3 is 1. The minimum absolute atomic E-state index is 0.0152. The number of nitrogens with zero attached hydrogens (tertiary/aromatic N) is 2. The molecule has 38 heavy (non-hydrogen) atoms. The van der Waals surface area contributed by atoms with E-state index in [4.69, 9.17) is 14.2 Å². The van der Waals surface area contributed by atoms with Gasteiger partial charge < -0.3 is 14.2 Å². The number of nitro benzene ring substituents is 1. The molecule has 0 amide bonds. The normalized spacial score (nSPS) is 11.2. The summed E-state index contributed by atoms with van der Waals surface area (Å²) in [5.74, 6) is 1.53. The number of nitro groups is 1. The lowest BCUT2D eigenvalue weighted by Gasteiger charge is -2.12. The number of nitrogens with one attached hydrogen (secondary N) is 2. The predicted molar refractivity (Wildman–Crippen MR) is 146 cm³/mol. The van der Waals surface area contributed by atoms with Crippen LogP contribution in [0.25, 0.3) is 0 Å². The zero-order chi connectivity index (χ0) is 27.5. The Morgan fingerprint density at radius 1 is 0.947 bits per heavy atom. The lowest BCUT2D eigenvalue weighted by Crippen LogP contribution is -2.14. The van der Waals surface area contributed by atoms with Crippen molar-refractivity contribution in [3.05, 3.63) is 76.3 Å². The largest absolute Gasteiger partial charge is 0.495 e. The topological polar surface area (TPSA) is 141 Å². The summed E-state index contributed by atoms with van der Waals surface area (Å²) in [6.07, 6.45) is 3.14. The van der Waals surface area contributed by atoms with Gasteiger partial charge in [0.1, 0.15) is 22.9 Å². The third-order valence-electron chi connectivity index (χ3n) is 5.14. The lowest BCUT2D eigenvalue weighted by molar-refractivity contribution is -0.384. The van der Waals surface area contributed by atoms with E-state index in [2.05, 4.69) is 15.2 Å². The van der Waals surface area contributed by atoms with E-state index in [0.717, 1.165) is 18.9 Å². The Hall–Kier alpha value is -4.32. The van der Waals surface area contributed by atoms with Gasteiger partial charge in [-0.25, -0.2) is 8.42 Å². The van der Waals surface area contributed by atoms with Crippen LogP contribution in [0.15, 0.2) is 70.7 Å². The third kappa shape index (κ3) is 7.35. The van der Waals surface area contributed by atoms with Crippen molar-refractivity contribution in [1.82, 2.24) is 0 Å². The summed E-state index contributed by atoms with van der Waals surface area (Å²) < 4.78 is 44.8. The van der Waals surface area contributed by atoms with Crippen molar-refractivity contribution in [2.24, 2.45) is 5.10 Å². The first-order chi connectivity index (χ1) is 18.3. The number of ether oxygens (including phenoxy) is 3. The molecule has 0 fully saturated rings. The molecule has 0 heterocycles. The molecule has 202 valence electrons. The Morgan fingerprint density at radius 2 is 1.68 bits per heavy atom. The maximum atomic E-state index is 12.9. The monoisotopic (exact) mass is 542 g/mol. The summed E-state index contributed by atoms with van der Waals surface area (Å²) >= 11 is 0. The molecular formula is C26H30N4O7S. The Morgan fingerprint density at radius 3 is 2.39 bits per heavy atom. The fourth-order valence-corrected chi connectivity index (χ4v) is 4.39. The van der Waals surface area contributed by atoms with Crippen LogP contribution in [0.3, 0.4) is 0 Å². The van der Waals surface area contributed by atoms with Gasteiger partial charge in [-0.1, -0.05) is 26.0 Å². The summed E-state index contributed by atoms with van der Waals surface area (Å²) in [7, 11) is -2.73. The van der Waals surface area contributed by atoms with Gasteiger partial charge in [-0.05, 0) is 49.2 Å². The van der Waals surface area contributed by atoms with E-state index in [1.165, 1.54) is 31.5 Å². The van der Waals surface area contributed by atoms with E-state index in [0.29, 0.717) is 36.0 Å². The quantitative estimate of drug-likeness (QED) is 0.156. The molecule has 0 aliphatic heterocycles. The highest BCUT2D eigenvalue weighted by atomic mass is 32.2. The summed E-state index contributed by atoms with van der Waals surface area (Å²) in [6, 6.07) is 15.3. The van der Waals surface area contributed by atoms with Gasteiger partial charge in [-0.15, -0.1) is 0 Å². The summed E-state index contributed by atoms with van der Waals surface area (Å²) in [4.78, 5) is 10.8. The first-order valence-electron chi connectivity index (χ1n) is 11.9. The van der Waals surface area contributed by atoms with Gasteiger partial charge in [0.2, 0.25) is 0 Å². The molecule has 0 aliphatic carbocycles. The zero-order valence-electron chi connectivity index (χ0n) is 21.3. The van der Waals surface area contributed by atoms with E-state index in [9.17, 15) is 18.5 Å². The van der Waals surface area contributed by atoms with Crippen molar-refractivity contribution >= 4 is 33.3 Å². The second kappa shape index (κ2) is 13.3. The number of para-hydroxylation sites is 2. The molecule has 0 saturated heterocycles. The average Bonchev–Trinajstić information content (AvgIpc) is 2.91. The van der Waals surface area contributed by atoms with Gasteiger partial charge in [0.25, 0.3) is 15.7 Å². The summed E-state index contributed by atoms with van der Waals surface area (Å²) in [5, 5.41) is 15.8. The van der Waals surface area contributed by atoms with Crippen LogP contribution in [0.4, 0.5) is 17.1 Å². The van der Waals surface area contributed by atoms with Crippen molar-refractivity contribution in [2.45, 2.75) is 31.6 Å². The third-order valence-corrected chi connectivity index (χ3v) is 6.50. The van der Waals surface area contributed by atoms with Crippen LogP contribution in [0.2, 0.25) is 0 Å². The van der Waals surface area contributed by atoms with Crippen molar-refractivity contribution in [1.29, 1.82) is 0 Å². The van der Waals surface area contributed by atoms with Crippen LogP contribution < -0.4 is 24.4 Å². The molecule has 2 N–H and O–H groups in total. The van der Waals surface area contributed by atoms with Crippen molar-refractivity contribution < 1.29 is 27.6 Å². The van der Waals surface area contributed by atoms with E-state index in [1.54, 1.807) is 36.4 Å². The highest BCUT2D eigenvalue weighted by Crippen LogP contribution is 2.31. The molecule has 0 aliphatic rings. The predicted octanol–water partition coefficient (Wildman–Crippen LogP) is 5.43. The number of anilines is 2. The Balaban J connectivity index is 1.83. The molecule has 0 spiro atoms. The van der Waals surface area contributed by atoms with Gasteiger partial charge in [-0.3, -0.25) is 20.3 Å². The Kier molecular flexibility index (Phi) is 9.88. The van der Waals surface area contributed by atoms with E-state index in [-0.39, 0.29) is 16.3 Å². The van der Waals surface area contributed by atoms with Crippen LogP contribution in [-0.2, 0) is 10.0 Å². The molecule has 3 aromatic rings. The van der Waals surface area contributed by atoms with Crippen LogP contribution in [0.1, 0.15) is 32.3 Å². The highest BCUT2D eigenvalue weighted by molar-refractivity contribution is 7.92. The first kappa shape index (κ1) is 28.3. The standard InChI is InChI=1S/C26H30N4O7S/c1-4-14-36-20-11-10-19(26(16-20)37-15-5-2)18-27-28-22-13-12-21(17-24(22)30(31)32)38(33,34)29-23-8-6-7-9-25(23)35-3/h6-13,16-18,28-29H,4-5,14-15H2,1-3H3/b27-18-. The molecule has 11 nitrogen and oxygen atoms in total. The van der Waals surface area contributed by atoms with Crippen molar-refractivity contribution in [3.63, 3.8) is 0 Å². The number of rotatable bonds is 14. The minimum Gasteiger partial charge on any atom is -0.495 e. The van der Waals surface area contributed by atoms with E-state index in [1.807, 2.05) is 13.8 Å². The molecule has 3 rings (SSSR count). The molecule has 0 saturated carbocycles. The van der Waals surface area contributed by atoms with Crippen molar-refractivity contribution in [2.75, 3.05) is 30.5 Å². The number of hydrazone groups is 1. The smallest absolute Gasteiger partial charge is 0.295 e. The highest BCUT2D eigenvalue weighted by Gasteiger charge is 2.22. The van der Waals surface area contributed by atoms with E-state index < -0.39 is 20.6 Å². The van der Waals surface area contributed by atoms with Gasteiger partial charge in [0.05, 0.1) is 42.0 Å². The van der Waals surface area contributed by atoms with Crippen LogP contribution in [-0.4, -0.2) is 39.9 Å². The zero-order valence-corrected chi connectivity index (χ0v) is 22.2. The van der Waals surface area contributed by atoms with Gasteiger partial charge in [0.15, 0.2) is 0 Å². The van der Waals surface area contributed by atoms with Gasteiger partial charge >= 0.3 is 0 Å². The molecule has 0 aromatic heterocycles. The maximum absolute atomic E-state index is 12.9. The number of benzene rings is 3. The average molecular weight is 543 g/mol. The summed E-state index contributed by atoms with van der Waals surface area (Å²) in [5.41, 5.74) is 3.02. The molecule has 3 aromatic carbocycles. The van der Waals surface area contributed by atoms with Gasteiger partial charge in [-0.2, -0.15) is 5.10 Å². The van der Waals surface area contributed by atoms with E-state index >= 15 is 0 Å². The van der Waals surface area contributed by atoms with Crippen molar-refractivity contribution in [3.8, 4) is 17.2 Å². The fourth-order valence-electron chi connectivity index (χ4n) is 3.30. The Labute approximate surface area is 221 Å².